The van der Waals surface area contributed by atoms with Gasteiger partial charge in [0.2, 0.25) is 12.2 Å². The van der Waals surface area contributed by atoms with Crippen LogP contribution in [0, 0.1) is 11.3 Å². The number of hydrogen-bond acceptors (Lipinski definition) is 7. The van der Waals surface area contributed by atoms with Crippen molar-refractivity contribution < 1.29 is 33.4 Å². The molecule has 1 aromatic carbocycles. The van der Waals surface area contributed by atoms with Gasteiger partial charge < -0.3 is 24.4 Å². The first kappa shape index (κ1) is 27.4. The molecule has 9 heteroatoms. The molecule has 2 saturated heterocycles. The first-order valence-corrected chi connectivity index (χ1v) is 12.3. The third kappa shape index (κ3) is 6.51. The zero-order chi connectivity index (χ0) is 26.5. The number of hydrogen-bond donors (Lipinski definition) is 1. The second kappa shape index (κ2) is 11.7. The lowest BCUT2D eigenvalue weighted by Gasteiger charge is -2.35. The zero-order valence-electron chi connectivity index (χ0n) is 21.5. The minimum Gasteiger partial charge on any atom is -0.445 e. The van der Waals surface area contributed by atoms with Crippen LogP contribution in [0.3, 0.4) is 0 Å². The monoisotopic (exact) mass is 500 g/mol. The van der Waals surface area contributed by atoms with Crippen LogP contribution >= 0.6 is 0 Å². The summed E-state index contributed by atoms with van der Waals surface area (Å²) in [6.07, 6.45) is -0.443. The number of likely N-dealkylation sites (tertiary alicyclic amines) is 1. The maximum atomic E-state index is 13.6. The van der Waals surface area contributed by atoms with Gasteiger partial charge in [-0.05, 0) is 30.7 Å². The number of Topliss-reactive ketones (excluding diaryl/α,β-unsaturated/α-hetero) is 1. The van der Waals surface area contributed by atoms with E-state index in [0.717, 1.165) is 5.56 Å². The Balaban J connectivity index is 1.69. The predicted octanol–water partition coefficient (Wildman–Crippen LogP) is 3.37. The van der Waals surface area contributed by atoms with Crippen molar-refractivity contribution in [2.45, 2.75) is 71.9 Å². The Hall–Kier alpha value is -3.20. The largest absolute Gasteiger partial charge is 0.445 e. The molecular formula is C27H36N2O7. The zero-order valence-corrected chi connectivity index (χ0v) is 21.5. The van der Waals surface area contributed by atoms with E-state index in [1.807, 2.05) is 51.1 Å². The van der Waals surface area contributed by atoms with Gasteiger partial charge in [0.25, 0.3) is 0 Å². The van der Waals surface area contributed by atoms with Crippen molar-refractivity contribution in [3.8, 4) is 0 Å². The number of esters is 1. The first-order valence-electron chi connectivity index (χ1n) is 12.3. The average Bonchev–Trinajstić information content (AvgIpc) is 3.47. The Bertz CT molecular complexity index is 986. The third-order valence-corrected chi connectivity index (χ3v) is 6.48. The van der Waals surface area contributed by atoms with Crippen molar-refractivity contribution in [3.05, 3.63) is 48.0 Å². The number of carbonyl (C=O) groups excluding carboxylic acids is 4. The minimum atomic E-state index is -0.907. The van der Waals surface area contributed by atoms with Crippen LogP contribution in [0.5, 0.6) is 0 Å². The second-order valence-electron chi connectivity index (χ2n) is 10.2. The number of ether oxygens (including phenoxy) is 3. The normalized spacial score (nSPS) is 22.6. The van der Waals surface area contributed by atoms with Gasteiger partial charge in [0.05, 0.1) is 18.4 Å². The Morgan fingerprint density at radius 2 is 1.92 bits per heavy atom. The fourth-order valence-electron chi connectivity index (χ4n) is 4.53. The van der Waals surface area contributed by atoms with Gasteiger partial charge in [0.1, 0.15) is 12.6 Å². The van der Waals surface area contributed by atoms with Gasteiger partial charge in [0, 0.05) is 18.7 Å². The molecule has 2 aliphatic rings. The quantitative estimate of drug-likeness (QED) is 0.409. The highest BCUT2D eigenvalue weighted by atomic mass is 16.7. The Kier molecular flexibility index (Phi) is 8.89. The molecule has 0 unspecified atom stereocenters. The lowest BCUT2D eigenvalue weighted by atomic mass is 9.85. The van der Waals surface area contributed by atoms with Crippen molar-refractivity contribution in [1.82, 2.24) is 10.2 Å². The van der Waals surface area contributed by atoms with Gasteiger partial charge >= 0.3 is 12.1 Å². The molecule has 0 spiro atoms. The summed E-state index contributed by atoms with van der Waals surface area (Å²) >= 11 is 0. The van der Waals surface area contributed by atoms with Crippen LogP contribution < -0.4 is 5.32 Å². The summed E-state index contributed by atoms with van der Waals surface area (Å²) in [6, 6.07) is 7.61. The number of carbonyl (C=O) groups is 4. The number of alkyl carbamates (subject to hydrolysis) is 1. The van der Waals surface area contributed by atoms with Crippen LogP contribution in [0.15, 0.2) is 42.5 Å². The van der Waals surface area contributed by atoms with E-state index in [1.165, 1.54) is 4.90 Å². The van der Waals surface area contributed by atoms with Crippen LogP contribution in [0.2, 0.25) is 0 Å². The standard InChI is InChI=1S/C27H36N2O7/c1-6-34-25-19(15-21(30)36-25)17(2)22(31)20-13-10-14-29(20)24(32)23(27(3,4)5)28-26(33)35-16-18-11-8-7-9-12-18/h7-9,11-12,19-20,23,25H,2,6,10,13-16H2,1,3-5H3,(H,28,33)/t19-,20+,23-,25-/m1/s1. The van der Waals surface area contributed by atoms with E-state index in [4.69, 9.17) is 14.2 Å². The van der Waals surface area contributed by atoms with Crippen LogP contribution in [-0.2, 0) is 35.2 Å². The molecule has 4 atom stereocenters. The summed E-state index contributed by atoms with van der Waals surface area (Å²) in [5.74, 6) is -1.71. The summed E-state index contributed by atoms with van der Waals surface area (Å²) in [5, 5.41) is 2.71. The fourth-order valence-corrected chi connectivity index (χ4v) is 4.53. The highest BCUT2D eigenvalue weighted by Crippen LogP contribution is 2.33. The van der Waals surface area contributed by atoms with Crippen LogP contribution in [0.4, 0.5) is 4.79 Å². The number of nitrogens with zero attached hydrogens (tertiary/aromatic N) is 1. The topological polar surface area (TPSA) is 111 Å². The summed E-state index contributed by atoms with van der Waals surface area (Å²) in [5.41, 5.74) is 0.406. The van der Waals surface area contributed by atoms with Crippen molar-refractivity contribution in [3.63, 3.8) is 0 Å². The van der Waals surface area contributed by atoms with Gasteiger partial charge in [0.15, 0.2) is 5.78 Å². The molecule has 1 N–H and O–H groups in total. The molecule has 2 fully saturated rings. The number of ketones is 1. The van der Waals surface area contributed by atoms with Crippen molar-refractivity contribution in [1.29, 1.82) is 0 Å². The molecule has 3 rings (SSSR count). The smallest absolute Gasteiger partial charge is 0.408 e. The van der Waals surface area contributed by atoms with Crippen LogP contribution in [-0.4, -0.2) is 60.2 Å². The van der Waals surface area contributed by atoms with Gasteiger partial charge in [-0.1, -0.05) is 57.7 Å². The van der Waals surface area contributed by atoms with E-state index in [9.17, 15) is 19.2 Å². The second-order valence-corrected chi connectivity index (χ2v) is 10.2. The molecular weight excluding hydrogens is 464 g/mol. The Morgan fingerprint density at radius 1 is 1.22 bits per heavy atom. The summed E-state index contributed by atoms with van der Waals surface area (Å²) in [7, 11) is 0. The molecule has 2 aliphatic heterocycles. The predicted molar refractivity (Wildman–Crippen MR) is 132 cm³/mol. The highest BCUT2D eigenvalue weighted by Gasteiger charge is 2.45. The van der Waals surface area contributed by atoms with Gasteiger partial charge in [-0.25, -0.2) is 4.79 Å². The number of cyclic esters (lactones) is 1. The molecule has 196 valence electrons. The molecule has 1 aromatic rings. The number of amides is 2. The van der Waals surface area contributed by atoms with Crippen LogP contribution in [0.1, 0.15) is 52.5 Å². The maximum Gasteiger partial charge on any atom is 0.408 e. The molecule has 9 nitrogen and oxygen atoms in total. The molecule has 0 bridgehead atoms. The van der Waals surface area contributed by atoms with E-state index in [0.29, 0.717) is 26.0 Å². The highest BCUT2D eigenvalue weighted by molar-refractivity contribution is 6.03. The van der Waals surface area contributed by atoms with Crippen LogP contribution in [0.25, 0.3) is 0 Å². The van der Waals surface area contributed by atoms with E-state index < -0.39 is 41.8 Å². The Labute approximate surface area is 212 Å². The molecule has 2 heterocycles. The fraction of sp³-hybridized carbons (Fsp3) is 0.556. The average molecular weight is 501 g/mol. The number of rotatable bonds is 9. The maximum absolute atomic E-state index is 13.6. The van der Waals surface area contributed by atoms with E-state index in [2.05, 4.69) is 11.9 Å². The number of benzene rings is 1. The summed E-state index contributed by atoms with van der Waals surface area (Å²) < 4.78 is 16.0. The SMILES string of the molecule is C=C(C(=O)[C@@H]1CCCN1C(=O)[C@@H](NC(=O)OCc1ccccc1)C(C)(C)C)[C@H]1CC(=O)O[C@H]1OCC. The lowest BCUT2D eigenvalue weighted by Crippen LogP contribution is -2.57. The number of nitrogens with one attached hydrogen (secondary N) is 1. The molecule has 0 radical (unpaired) electrons. The molecule has 0 saturated carbocycles. The van der Waals surface area contributed by atoms with Crippen molar-refractivity contribution in [2.24, 2.45) is 11.3 Å². The third-order valence-electron chi connectivity index (χ3n) is 6.48. The van der Waals surface area contributed by atoms with Gasteiger partial charge in [-0.2, -0.15) is 0 Å². The first-order chi connectivity index (χ1) is 17.0. The minimum absolute atomic E-state index is 0.00926. The van der Waals surface area contributed by atoms with Gasteiger partial charge in [-0.3, -0.25) is 14.4 Å². The van der Waals surface area contributed by atoms with Crippen molar-refractivity contribution in [2.75, 3.05) is 13.2 Å². The summed E-state index contributed by atoms with van der Waals surface area (Å²) in [4.78, 5) is 53.0. The molecule has 0 aromatic heterocycles. The summed E-state index contributed by atoms with van der Waals surface area (Å²) in [6.45, 7) is 12.0. The molecule has 36 heavy (non-hydrogen) atoms. The van der Waals surface area contributed by atoms with E-state index in [-0.39, 0.29) is 30.3 Å². The van der Waals surface area contributed by atoms with E-state index in [1.54, 1.807) is 6.92 Å². The van der Waals surface area contributed by atoms with Gasteiger partial charge in [-0.15, -0.1) is 0 Å². The van der Waals surface area contributed by atoms with Crippen molar-refractivity contribution >= 4 is 23.8 Å². The van der Waals surface area contributed by atoms with E-state index >= 15 is 0 Å². The Morgan fingerprint density at radius 3 is 2.56 bits per heavy atom. The molecule has 0 aliphatic carbocycles. The lowest BCUT2D eigenvalue weighted by molar-refractivity contribution is -0.165. The molecule has 2 amide bonds.